The number of hydrogen-bond donors (Lipinski definition) is 0. The van der Waals surface area contributed by atoms with E-state index in [1.54, 1.807) is 0 Å². The molecule has 0 radical (unpaired) electrons. The van der Waals surface area contributed by atoms with Crippen LogP contribution in [0.4, 0.5) is 0 Å². The van der Waals surface area contributed by atoms with E-state index >= 15 is 0 Å². The standard InChI is InChI=1S/C39H27NS.C24H14BrNS.C12H6Br2S/c1-39(2)33-12-6-3-9-27(33)28-18-15-25(22-34(28)39)24-16-19-37-31(21-24)32-23-26(17-20-38(32)41-37)40-35-13-7-4-10-29(35)30-11-5-8-14-36(30)40;25-15-9-11-23-19(13-15)20-14-16(10-12-24(20)27-23)26-21-7-3-1-5-17(21)18-6-2-4-8-22(18)26;13-7-1-3-11-9(5-7)10-6-8(14)2-4-12(10)15-11/h3-23H,1-2H3;1-14H;1-6H. The molecule has 17 aromatic rings. The van der Waals surface area contributed by atoms with E-state index in [1.807, 2.05) is 34.0 Å². The molecule has 0 atom stereocenters. The van der Waals surface area contributed by atoms with Crippen molar-refractivity contribution in [2.75, 3.05) is 0 Å². The van der Waals surface area contributed by atoms with Crippen LogP contribution < -0.4 is 0 Å². The summed E-state index contributed by atoms with van der Waals surface area (Å²) in [7, 11) is 0. The molecule has 0 N–H and O–H groups in total. The van der Waals surface area contributed by atoms with Crippen molar-refractivity contribution in [3.63, 3.8) is 0 Å². The van der Waals surface area contributed by atoms with Crippen LogP contribution in [0.15, 0.2) is 262 Å². The number of nitrogens with zero attached hydrogens (tertiary/aromatic N) is 2. The maximum absolute atomic E-state index is 3.62. The van der Waals surface area contributed by atoms with Gasteiger partial charge in [-0.15, -0.1) is 34.0 Å². The van der Waals surface area contributed by atoms with Crippen molar-refractivity contribution in [3.05, 3.63) is 273 Å². The molecule has 396 valence electrons. The van der Waals surface area contributed by atoms with Crippen LogP contribution in [-0.4, -0.2) is 9.13 Å². The molecule has 83 heavy (non-hydrogen) atoms. The van der Waals surface area contributed by atoms with E-state index < -0.39 is 0 Å². The molecule has 5 aromatic heterocycles. The van der Waals surface area contributed by atoms with Gasteiger partial charge in [-0.2, -0.15) is 0 Å². The molecule has 2 nitrogen and oxygen atoms in total. The summed E-state index contributed by atoms with van der Waals surface area (Å²) < 4.78 is 16.2. The van der Waals surface area contributed by atoms with Crippen LogP contribution in [0.2, 0.25) is 0 Å². The number of para-hydroxylation sites is 4. The lowest BCUT2D eigenvalue weighted by molar-refractivity contribution is 0.660. The van der Waals surface area contributed by atoms with E-state index in [1.165, 1.54) is 149 Å². The van der Waals surface area contributed by atoms with E-state index in [4.69, 9.17) is 0 Å². The summed E-state index contributed by atoms with van der Waals surface area (Å²) in [5.41, 5.74) is 15.5. The van der Waals surface area contributed by atoms with Gasteiger partial charge in [-0.05, 0) is 167 Å². The van der Waals surface area contributed by atoms with Gasteiger partial charge in [0.25, 0.3) is 0 Å². The van der Waals surface area contributed by atoms with Crippen LogP contribution >= 0.6 is 81.8 Å². The van der Waals surface area contributed by atoms with Gasteiger partial charge in [-0.25, -0.2) is 0 Å². The Morgan fingerprint density at radius 2 is 0.602 bits per heavy atom. The SMILES string of the molecule is Brc1ccc2sc3ccc(-n4c5ccccc5c5ccccc54)cc3c2c1.Brc1ccc2sc3ccc(Br)cc3c2c1.CC1(C)c2ccccc2-c2ccc(-c3ccc4sc5ccc(-n6c7ccccc7c7ccccc76)cc5c4c3)cc21. The molecule has 1 aliphatic carbocycles. The Morgan fingerprint density at radius 1 is 0.277 bits per heavy atom. The number of fused-ring (bicyclic) bond motifs is 18. The number of halogens is 3. The second-order valence-corrected chi connectivity index (χ2v) is 28.0. The maximum atomic E-state index is 3.62. The molecule has 0 saturated carbocycles. The molecule has 0 spiro atoms. The summed E-state index contributed by atoms with van der Waals surface area (Å²) >= 11 is 16.2. The van der Waals surface area contributed by atoms with E-state index in [9.17, 15) is 0 Å². The first-order chi connectivity index (χ1) is 40.6. The fourth-order valence-corrected chi connectivity index (χ4v) is 17.3. The highest BCUT2D eigenvalue weighted by Crippen LogP contribution is 2.50. The fraction of sp³-hybridized carbons (Fsp3) is 0.0400. The minimum absolute atomic E-state index is 0.00166. The highest BCUT2D eigenvalue weighted by atomic mass is 79.9. The first-order valence-electron chi connectivity index (χ1n) is 27.7. The zero-order chi connectivity index (χ0) is 55.7. The topological polar surface area (TPSA) is 9.86 Å². The zero-order valence-electron chi connectivity index (χ0n) is 44.9. The first-order valence-corrected chi connectivity index (χ1v) is 32.5. The summed E-state index contributed by atoms with van der Waals surface area (Å²) in [4.78, 5) is 0. The quantitative estimate of drug-likeness (QED) is 0.167. The molecular weight excluding hydrogens is 1260 g/mol. The van der Waals surface area contributed by atoms with Gasteiger partial charge in [0, 0.05) is 112 Å². The Balaban J connectivity index is 0.000000115. The smallest absolute Gasteiger partial charge is 0.0541 e. The Hall–Kier alpha value is -7.66. The van der Waals surface area contributed by atoms with Gasteiger partial charge < -0.3 is 9.13 Å². The highest BCUT2D eigenvalue weighted by molar-refractivity contribution is 9.11. The normalized spacial score (nSPS) is 12.7. The van der Waals surface area contributed by atoms with Crippen molar-refractivity contribution in [1.29, 1.82) is 0 Å². The fourth-order valence-electron chi connectivity index (χ4n) is 13.0. The number of thiophene rings is 3. The molecule has 0 bridgehead atoms. The lowest BCUT2D eigenvalue weighted by atomic mass is 9.81. The van der Waals surface area contributed by atoms with Crippen LogP contribution in [0.3, 0.4) is 0 Å². The summed E-state index contributed by atoms with van der Waals surface area (Å²) in [5.74, 6) is 0. The van der Waals surface area contributed by atoms with E-state index in [0.717, 1.165) is 13.4 Å². The monoisotopic (exact) mass is 1310 g/mol. The number of rotatable bonds is 3. The Bertz CT molecular complexity index is 5330. The molecule has 12 aromatic carbocycles. The minimum Gasteiger partial charge on any atom is -0.309 e. The summed E-state index contributed by atoms with van der Waals surface area (Å²) in [5, 5.41) is 13.1. The molecule has 8 heteroatoms. The largest absolute Gasteiger partial charge is 0.309 e. The van der Waals surface area contributed by atoms with Crippen LogP contribution in [0.5, 0.6) is 0 Å². The van der Waals surface area contributed by atoms with E-state index in [2.05, 4.69) is 319 Å². The molecule has 18 rings (SSSR count). The van der Waals surface area contributed by atoms with Gasteiger partial charge in [-0.3, -0.25) is 0 Å². The Kier molecular flexibility index (Phi) is 12.3. The molecule has 0 amide bonds. The summed E-state index contributed by atoms with van der Waals surface area (Å²) in [6, 6.07) is 90.9. The molecule has 0 unspecified atom stereocenters. The molecule has 0 fully saturated rings. The van der Waals surface area contributed by atoms with Crippen molar-refractivity contribution in [1.82, 2.24) is 9.13 Å². The lowest BCUT2D eigenvalue weighted by Gasteiger charge is -2.22. The highest BCUT2D eigenvalue weighted by Gasteiger charge is 2.35. The number of hydrogen-bond acceptors (Lipinski definition) is 3. The van der Waals surface area contributed by atoms with Crippen LogP contribution in [0.1, 0.15) is 25.0 Å². The van der Waals surface area contributed by atoms with Gasteiger partial charge in [0.05, 0.1) is 22.1 Å². The average Bonchev–Trinajstić information content (AvgIpc) is 3.61. The predicted molar refractivity (Wildman–Crippen MR) is 373 cm³/mol. The third-order valence-electron chi connectivity index (χ3n) is 16.9. The first kappa shape index (κ1) is 51.0. The lowest BCUT2D eigenvalue weighted by Crippen LogP contribution is -2.14. The minimum atomic E-state index is -0.00166. The molecule has 0 aliphatic heterocycles. The second-order valence-electron chi connectivity index (χ2n) is 22.0. The maximum Gasteiger partial charge on any atom is 0.0541 e. The van der Waals surface area contributed by atoms with E-state index in [0.29, 0.717) is 0 Å². The second kappa shape index (κ2) is 20.0. The average molecular weight is 1310 g/mol. The van der Waals surface area contributed by atoms with Crippen LogP contribution in [0.25, 0.3) is 138 Å². The predicted octanol–water partition coefficient (Wildman–Crippen LogP) is 24.6. The molecule has 1 aliphatic rings. The van der Waals surface area contributed by atoms with Crippen molar-refractivity contribution < 1.29 is 0 Å². The Labute approximate surface area is 516 Å². The van der Waals surface area contributed by atoms with Crippen molar-refractivity contribution in [2.24, 2.45) is 0 Å². The van der Waals surface area contributed by atoms with Gasteiger partial charge in [0.2, 0.25) is 0 Å². The third kappa shape index (κ3) is 8.47. The van der Waals surface area contributed by atoms with Crippen LogP contribution in [-0.2, 0) is 5.41 Å². The summed E-state index contributed by atoms with van der Waals surface area (Å²) in [6.07, 6.45) is 0. The van der Waals surface area contributed by atoms with Gasteiger partial charge in [0.15, 0.2) is 0 Å². The van der Waals surface area contributed by atoms with Crippen molar-refractivity contribution in [3.8, 4) is 33.6 Å². The number of aromatic nitrogens is 2. The Morgan fingerprint density at radius 3 is 1.05 bits per heavy atom. The van der Waals surface area contributed by atoms with Crippen molar-refractivity contribution >= 4 is 186 Å². The molecule has 5 heterocycles. The third-order valence-corrected chi connectivity index (χ3v) is 21.8. The van der Waals surface area contributed by atoms with Crippen LogP contribution in [0, 0.1) is 0 Å². The van der Waals surface area contributed by atoms with E-state index in [-0.39, 0.29) is 5.41 Å². The molecule has 0 saturated heterocycles. The van der Waals surface area contributed by atoms with Gasteiger partial charge in [-0.1, -0.05) is 177 Å². The number of benzene rings is 12. The van der Waals surface area contributed by atoms with Gasteiger partial charge >= 0.3 is 0 Å². The zero-order valence-corrected chi connectivity index (χ0v) is 52.1. The summed E-state index contributed by atoms with van der Waals surface area (Å²) in [6.45, 7) is 4.71. The van der Waals surface area contributed by atoms with Crippen molar-refractivity contribution in [2.45, 2.75) is 19.3 Å². The van der Waals surface area contributed by atoms with Gasteiger partial charge in [0.1, 0.15) is 0 Å². The molecular formula is C75H47Br3N2S3.